The van der Waals surface area contributed by atoms with Gasteiger partial charge in [0.25, 0.3) is 0 Å². The molecule has 1 unspecified atom stereocenters. The molecule has 0 bridgehead atoms. The quantitative estimate of drug-likeness (QED) is 0.387. The molecular weight excluding hydrogens is 257 g/mol. The topological polar surface area (TPSA) is 89.0 Å². The molecule has 1 atom stereocenters. The summed E-state index contributed by atoms with van der Waals surface area (Å²) >= 11 is 0. The summed E-state index contributed by atoms with van der Waals surface area (Å²) in [7, 11) is 3.41. The zero-order chi connectivity index (χ0) is 14.7. The van der Waals surface area contributed by atoms with Crippen molar-refractivity contribution in [2.24, 2.45) is 5.73 Å². The first-order valence-corrected chi connectivity index (χ1v) is 6.22. The Balaban J connectivity index is 2.48. The Bertz CT molecular complexity index is 615. The smallest absolute Gasteiger partial charge is 0.236 e. The summed E-state index contributed by atoms with van der Waals surface area (Å²) in [6.45, 7) is 0. The number of pyridine rings is 1. The number of nitrogen functional groups attached to an aromatic ring is 1. The SMILES string of the molecule is CNc1cc(-c2ccc(N)c(C(N)NC)c2)cnc1F. The van der Waals surface area contributed by atoms with E-state index in [1.54, 1.807) is 26.2 Å². The van der Waals surface area contributed by atoms with Crippen molar-refractivity contribution in [3.8, 4) is 11.1 Å². The Labute approximate surface area is 117 Å². The van der Waals surface area contributed by atoms with Gasteiger partial charge in [0, 0.05) is 30.1 Å². The van der Waals surface area contributed by atoms with E-state index in [-0.39, 0.29) is 6.17 Å². The number of aromatic nitrogens is 1. The average Bonchev–Trinajstić information content (AvgIpc) is 2.47. The van der Waals surface area contributed by atoms with Gasteiger partial charge in [-0.15, -0.1) is 0 Å². The van der Waals surface area contributed by atoms with Crippen LogP contribution in [0.4, 0.5) is 15.8 Å². The molecule has 6 N–H and O–H groups in total. The average molecular weight is 275 g/mol. The molecule has 5 nitrogen and oxygen atoms in total. The molecule has 0 aliphatic carbocycles. The molecule has 2 aromatic rings. The zero-order valence-electron chi connectivity index (χ0n) is 11.4. The normalized spacial score (nSPS) is 12.2. The Kier molecular flexibility index (Phi) is 4.16. The van der Waals surface area contributed by atoms with Crippen molar-refractivity contribution in [1.29, 1.82) is 0 Å². The Morgan fingerprint density at radius 1 is 1.20 bits per heavy atom. The third kappa shape index (κ3) is 2.71. The lowest BCUT2D eigenvalue weighted by molar-refractivity contribution is 0.588. The van der Waals surface area contributed by atoms with Gasteiger partial charge in [-0.1, -0.05) is 6.07 Å². The highest BCUT2D eigenvalue weighted by Crippen LogP contribution is 2.27. The number of nitrogens with zero attached hydrogens (tertiary/aromatic N) is 1. The van der Waals surface area contributed by atoms with Crippen molar-refractivity contribution in [3.05, 3.63) is 42.0 Å². The molecule has 1 aromatic heterocycles. The largest absolute Gasteiger partial charge is 0.398 e. The van der Waals surface area contributed by atoms with Crippen LogP contribution in [0.15, 0.2) is 30.5 Å². The molecule has 6 heteroatoms. The summed E-state index contributed by atoms with van der Waals surface area (Å²) in [5.41, 5.74) is 15.3. The second-order valence-electron chi connectivity index (χ2n) is 4.42. The fourth-order valence-corrected chi connectivity index (χ4v) is 1.96. The molecule has 0 fully saturated rings. The first-order valence-electron chi connectivity index (χ1n) is 6.22. The van der Waals surface area contributed by atoms with Gasteiger partial charge in [0.2, 0.25) is 5.95 Å². The maximum absolute atomic E-state index is 13.4. The van der Waals surface area contributed by atoms with Crippen LogP contribution in [0.3, 0.4) is 0 Å². The second-order valence-corrected chi connectivity index (χ2v) is 4.42. The number of benzene rings is 1. The third-order valence-corrected chi connectivity index (χ3v) is 3.17. The standard InChI is InChI=1S/C14H18FN5/c1-18-12-6-9(7-20-13(12)15)8-3-4-11(16)10(5-8)14(17)19-2/h3-7,14,18-19H,16-17H2,1-2H3. The minimum absolute atomic E-state index is 0.346. The maximum atomic E-state index is 13.4. The van der Waals surface area contributed by atoms with Gasteiger partial charge >= 0.3 is 0 Å². The van der Waals surface area contributed by atoms with Gasteiger partial charge in [-0.3, -0.25) is 0 Å². The predicted octanol–water partition coefficient (Wildman–Crippen LogP) is 1.69. The number of anilines is 2. The summed E-state index contributed by atoms with van der Waals surface area (Å²) in [6.07, 6.45) is 1.13. The number of nitrogens with one attached hydrogen (secondary N) is 2. The van der Waals surface area contributed by atoms with E-state index in [2.05, 4.69) is 15.6 Å². The van der Waals surface area contributed by atoms with E-state index >= 15 is 0 Å². The van der Waals surface area contributed by atoms with Crippen LogP contribution in [-0.4, -0.2) is 19.1 Å². The van der Waals surface area contributed by atoms with E-state index in [1.807, 2.05) is 12.1 Å². The Morgan fingerprint density at radius 3 is 2.60 bits per heavy atom. The van der Waals surface area contributed by atoms with E-state index in [9.17, 15) is 4.39 Å². The molecular formula is C14H18FN5. The van der Waals surface area contributed by atoms with E-state index in [4.69, 9.17) is 11.5 Å². The monoisotopic (exact) mass is 275 g/mol. The molecule has 0 saturated heterocycles. The number of nitrogens with two attached hydrogens (primary N) is 2. The molecule has 0 aliphatic rings. The van der Waals surface area contributed by atoms with Gasteiger partial charge < -0.3 is 22.1 Å². The predicted molar refractivity (Wildman–Crippen MR) is 79.6 cm³/mol. The molecule has 0 amide bonds. The molecule has 106 valence electrons. The first kappa shape index (κ1) is 14.2. The summed E-state index contributed by atoms with van der Waals surface area (Å²) in [5.74, 6) is -0.529. The lowest BCUT2D eigenvalue weighted by Gasteiger charge is -2.15. The molecule has 0 radical (unpaired) electrons. The summed E-state index contributed by atoms with van der Waals surface area (Å²) < 4.78 is 13.4. The van der Waals surface area contributed by atoms with Crippen molar-refractivity contribution >= 4 is 11.4 Å². The Hall–Kier alpha value is -2.18. The summed E-state index contributed by atoms with van der Waals surface area (Å²) in [6, 6.07) is 7.22. The van der Waals surface area contributed by atoms with Crippen molar-refractivity contribution in [3.63, 3.8) is 0 Å². The van der Waals surface area contributed by atoms with Crippen molar-refractivity contribution in [1.82, 2.24) is 10.3 Å². The van der Waals surface area contributed by atoms with Crippen LogP contribution in [0.25, 0.3) is 11.1 Å². The molecule has 20 heavy (non-hydrogen) atoms. The maximum Gasteiger partial charge on any atom is 0.236 e. The lowest BCUT2D eigenvalue weighted by atomic mass is 10.0. The minimum Gasteiger partial charge on any atom is -0.398 e. The van der Waals surface area contributed by atoms with E-state index in [0.29, 0.717) is 11.4 Å². The van der Waals surface area contributed by atoms with Gasteiger partial charge in [-0.25, -0.2) is 4.98 Å². The minimum atomic E-state index is -0.529. The van der Waals surface area contributed by atoms with Gasteiger partial charge in [-0.2, -0.15) is 4.39 Å². The summed E-state index contributed by atoms with van der Waals surface area (Å²) in [5, 5.41) is 5.71. The second kappa shape index (κ2) is 5.85. The van der Waals surface area contributed by atoms with Crippen LogP contribution in [0.1, 0.15) is 11.7 Å². The molecule has 1 heterocycles. The molecule has 0 aliphatic heterocycles. The highest BCUT2D eigenvalue weighted by atomic mass is 19.1. The van der Waals surface area contributed by atoms with Crippen molar-refractivity contribution in [2.45, 2.75) is 6.17 Å². The van der Waals surface area contributed by atoms with Crippen molar-refractivity contribution < 1.29 is 4.39 Å². The van der Waals surface area contributed by atoms with Crippen LogP contribution in [-0.2, 0) is 0 Å². The fraction of sp³-hybridized carbons (Fsp3) is 0.214. The number of hydrogen-bond acceptors (Lipinski definition) is 5. The van der Waals surface area contributed by atoms with Crippen LogP contribution >= 0.6 is 0 Å². The van der Waals surface area contributed by atoms with Gasteiger partial charge in [0.15, 0.2) is 0 Å². The Morgan fingerprint density at radius 2 is 1.95 bits per heavy atom. The zero-order valence-corrected chi connectivity index (χ0v) is 11.4. The van der Waals surface area contributed by atoms with E-state index in [1.165, 1.54) is 6.20 Å². The molecule has 1 aromatic carbocycles. The number of halogens is 1. The number of hydrogen-bond donors (Lipinski definition) is 4. The number of rotatable bonds is 4. The lowest BCUT2D eigenvalue weighted by Crippen LogP contribution is -2.25. The van der Waals surface area contributed by atoms with Crippen molar-refractivity contribution in [2.75, 3.05) is 25.1 Å². The highest BCUT2D eigenvalue weighted by Gasteiger charge is 2.11. The molecule has 0 spiro atoms. The molecule has 0 saturated carbocycles. The summed E-state index contributed by atoms with van der Waals surface area (Å²) in [4.78, 5) is 3.74. The van der Waals surface area contributed by atoms with Gasteiger partial charge in [-0.05, 0) is 30.8 Å². The van der Waals surface area contributed by atoms with Gasteiger partial charge in [0.05, 0.1) is 11.9 Å². The fourth-order valence-electron chi connectivity index (χ4n) is 1.96. The highest BCUT2D eigenvalue weighted by molar-refractivity contribution is 5.70. The van der Waals surface area contributed by atoms with Crippen LogP contribution in [0.2, 0.25) is 0 Å². The van der Waals surface area contributed by atoms with Gasteiger partial charge in [0.1, 0.15) is 0 Å². The van der Waals surface area contributed by atoms with Crippen LogP contribution in [0.5, 0.6) is 0 Å². The third-order valence-electron chi connectivity index (χ3n) is 3.17. The first-order chi connectivity index (χ1) is 9.56. The van der Waals surface area contributed by atoms with E-state index in [0.717, 1.165) is 16.7 Å². The molecule has 2 rings (SSSR count). The van der Waals surface area contributed by atoms with Crippen LogP contribution < -0.4 is 22.1 Å². The van der Waals surface area contributed by atoms with E-state index < -0.39 is 5.95 Å². The van der Waals surface area contributed by atoms with Crippen LogP contribution in [0, 0.1) is 5.95 Å².